The normalized spacial score (nSPS) is 35.7. The standard InChI is InChI=1S/C14H27N.C11H21N.C10H21N/c1-13(2,3)12-10-7-8-11(9-10)15(12)14(4,5)6;1-7(2)11-10-5-9(10)6-12(11)8(3)4;1-8(2)10-6-5-7-11(10)9(3)4/h10-12H,7-9H2,1-6H3;7-11H,5-6H2,1-4H3;8-10H,5-7H2,1-4H3/t;9-,10-,11+;10-/m.00/s1. The van der Waals surface area contributed by atoms with Gasteiger partial charge in [-0.2, -0.15) is 0 Å². The highest BCUT2D eigenvalue weighted by Crippen LogP contribution is 2.52. The Labute approximate surface area is 239 Å². The van der Waals surface area contributed by atoms with Gasteiger partial charge in [0.25, 0.3) is 0 Å². The van der Waals surface area contributed by atoms with E-state index in [0.29, 0.717) is 11.0 Å². The van der Waals surface area contributed by atoms with Crippen molar-refractivity contribution < 1.29 is 0 Å². The second-order valence-corrected chi connectivity index (χ2v) is 17.1. The first-order valence-electron chi connectivity index (χ1n) is 16.7. The summed E-state index contributed by atoms with van der Waals surface area (Å²) in [4.78, 5) is 8.18. The fraction of sp³-hybridized carbons (Fsp3) is 1.00. The molecule has 0 aromatic rings. The van der Waals surface area contributed by atoms with E-state index in [1.54, 1.807) is 0 Å². The molecule has 2 saturated carbocycles. The lowest BCUT2D eigenvalue weighted by atomic mass is 9.77. The Morgan fingerprint density at radius 3 is 1.66 bits per heavy atom. The van der Waals surface area contributed by atoms with Gasteiger partial charge in [-0.05, 0) is 129 Å². The minimum atomic E-state index is 0.345. The van der Waals surface area contributed by atoms with E-state index in [0.717, 1.165) is 65.8 Å². The van der Waals surface area contributed by atoms with Crippen LogP contribution >= 0.6 is 0 Å². The first kappa shape index (κ1) is 32.4. The van der Waals surface area contributed by atoms with Crippen LogP contribution in [-0.2, 0) is 0 Å². The minimum Gasteiger partial charge on any atom is -0.298 e. The largest absolute Gasteiger partial charge is 0.298 e. The van der Waals surface area contributed by atoms with Gasteiger partial charge in [-0.1, -0.05) is 48.5 Å². The van der Waals surface area contributed by atoms with Crippen LogP contribution in [0.2, 0.25) is 0 Å². The molecule has 3 aliphatic heterocycles. The van der Waals surface area contributed by atoms with E-state index in [4.69, 9.17) is 0 Å². The van der Waals surface area contributed by atoms with Crippen LogP contribution in [-0.4, -0.2) is 69.6 Å². The van der Waals surface area contributed by atoms with Crippen LogP contribution in [0.5, 0.6) is 0 Å². The summed E-state index contributed by atoms with van der Waals surface area (Å²) in [7, 11) is 0. The monoisotopic (exact) mass is 532 g/mol. The summed E-state index contributed by atoms with van der Waals surface area (Å²) in [5.74, 6) is 4.78. The van der Waals surface area contributed by atoms with E-state index in [1.165, 1.54) is 51.6 Å². The number of hydrogen-bond donors (Lipinski definition) is 0. The molecule has 5 aliphatic rings. The zero-order valence-corrected chi connectivity index (χ0v) is 28.3. The fourth-order valence-electron chi connectivity index (χ4n) is 9.22. The van der Waals surface area contributed by atoms with E-state index >= 15 is 0 Å². The van der Waals surface area contributed by atoms with Gasteiger partial charge in [0, 0.05) is 48.3 Å². The molecular weight excluding hydrogens is 462 g/mol. The number of piperidine rings is 2. The highest BCUT2D eigenvalue weighted by atomic mass is 15.3. The molecular formula is C35H69N3. The van der Waals surface area contributed by atoms with Crippen molar-refractivity contribution in [2.75, 3.05) is 13.1 Å². The van der Waals surface area contributed by atoms with Crippen LogP contribution in [0, 0.1) is 35.0 Å². The Bertz CT molecular complexity index is 686. The van der Waals surface area contributed by atoms with Gasteiger partial charge < -0.3 is 0 Å². The van der Waals surface area contributed by atoms with Gasteiger partial charge in [-0.3, -0.25) is 14.7 Å². The first-order chi connectivity index (χ1) is 17.4. The maximum absolute atomic E-state index is 2.82. The highest BCUT2D eigenvalue weighted by Gasteiger charge is 2.54. The molecule has 224 valence electrons. The Balaban J connectivity index is 0.000000160. The molecule has 3 heterocycles. The van der Waals surface area contributed by atoms with Crippen molar-refractivity contribution in [1.82, 2.24) is 14.7 Å². The average Bonchev–Trinajstić information content (AvgIpc) is 3.28. The number of likely N-dealkylation sites (tertiary alicyclic amines) is 3. The van der Waals surface area contributed by atoms with Gasteiger partial charge in [-0.15, -0.1) is 0 Å². The Morgan fingerprint density at radius 2 is 1.26 bits per heavy atom. The fourth-order valence-corrected chi connectivity index (χ4v) is 9.22. The van der Waals surface area contributed by atoms with Crippen molar-refractivity contribution in [3.8, 4) is 0 Å². The molecule has 0 radical (unpaired) electrons. The topological polar surface area (TPSA) is 9.72 Å². The quantitative estimate of drug-likeness (QED) is 0.360. The van der Waals surface area contributed by atoms with Crippen molar-refractivity contribution in [2.45, 2.75) is 177 Å². The van der Waals surface area contributed by atoms with Gasteiger partial charge in [0.2, 0.25) is 0 Å². The van der Waals surface area contributed by atoms with Crippen molar-refractivity contribution in [1.29, 1.82) is 0 Å². The molecule has 7 atom stereocenters. The van der Waals surface area contributed by atoms with Crippen molar-refractivity contribution >= 4 is 0 Å². The maximum Gasteiger partial charge on any atom is 0.0181 e. The van der Waals surface area contributed by atoms with Gasteiger partial charge in [0.15, 0.2) is 0 Å². The van der Waals surface area contributed by atoms with E-state index in [1.807, 2.05) is 0 Å². The summed E-state index contributed by atoms with van der Waals surface area (Å²) in [5.41, 5.74) is 0.783. The lowest BCUT2D eigenvalue weighted by molar-refractivity contribution is -0.0101. The molecule has 3 saturated heterocycles. The summed E-state index contributed by atoms with van der Waals surface area (Å²) in [6, 6.07) is 4.93. The first-order valence-corrected chi connectivity index (χ1v) is 16.7. The summed E-state index contributed by atoms with van der Waals surface area (Å²) in [6.45, 7) is 35.8. The molecule has 5 fully saturated rings. The smallest absolute Gasteiger partial charge is 0.0181 e. The predicted molar refractivity (Wildman–Crippen MR) is 168 cm³/mol. The molecule has 0 amide bonds. The third kappa shape index (κ3) is 7.39. The molecule has 0 N–H and O–H groups in total. The number of rotatable bonds is 4. The van der Waals surface area contributed by atoms with E-state index in [-0.39, 0.29) is 0 Å². The second-order valence-electron chi connectivity index (χ2n) is 17.1. The predicted octanol–water partition coefficient (Wildman–Crippen LogP) is 8.57. The summed E-state index contributed by atoms with van der Waals surface area (Å²) in [5, 5.41) is 0. The third-order valence-corrected chi connectivity index (χ3v) is 10.6. The molecule has 3 unspecified atom stereocenters. The van der Waals surface area contributed by atoms with E-state index in [2.05, 4.69) is 112 Å². The SMILES string of the molecule is CC(C)(C)C1C2CCC(C2)N1C(C)(C)C.CC(C)[C@@H]1CCCN1C(C)C.CC(C)[C@@H]1[C@H]2C[C@H]2CN1C(C)C. The molecule has 5 rings (SSSR count). The molecule has 2 aliphatic carbocycles. The Kier molecular flexibility index (Phi) is 10.6. The van der Waals surface area contributed by atoms with Crippen molar-refractivity contribution in [2.24, 2.45) is 35.0 Å². The van der Waals surface area contributed by atoms with E-state index < -0.39 is 0 Å². The average molecular weight is 532 g/mol. The van der Waals surface area contributed by atoms with Crippen LogP contribution < -0.4 is 0 Å². The van der Waals surface area contributed by atoms with Crippen LogP contribution in [0.25, 0.3) is 0 Å². The van der Waals surface area contributed by atoms with Crippen LogP contribution in [0.4, 0.5) is 0 Å². The summed E-state index contributed by atoms with van der Waals surface area (Å²) in [6.07, 6.45) is 8.70. The molecule has 3 nitrogen and oxygen atoms in total. The maximum atomic E-state index is 2.82. The van der Waals surface area contributed by atoms with Gasteiger partial charge in [0.1, 0.15) is 0 Å². The zero-order valence-electron chi connectivity index (χ0n) is 28.3. The van der Waals surface area contributed by atoms with Crippen molar-refractivity contribution in [3.63, 3.8) is 0 Å². The minimum absolute atomic E-state index is 0.345. The Morgan fingerprint density at radius 1 is 0.658 bits per heavy atom. The summed E-state index contributed by atoms with van der Waals surface area (Å²) < 4.78 is 0. The van der Waals surface area contributed by atoms with Crippen LogP contribution in [0.15, 0.2) is 0 Å². The second kappa shape index (κ2) is 12.4. The Hall–Kier alpha value is -0.120. The lowest BCUT2D eigenvalue weighted by Crippen LogP contribution is -2.56. The molecule has 0 spiro atoms. The molecule has 3 heteroatoms. The third-order valence-electron chi connectivity index (χ3n) is 10.6. The number of hydrogen-bond acceptors (Lipinski definition) is 3. The molecule has 0 aromatic carbocycles. The zero-order chi connectivity index (χ0) is 28.7. The van der Waals surface area contributed by atoms with Gasteiger partial charge in [-0.25, -0.2) is 0 Å². The number of fused-ring (bicyclic) bond motifs is 3. The lowest BCUT2D eigenvalue weighted by Gasteiger charge is -2.49. The van der Waals surface area contributed by atoms with E-state index in [9.17, 15) is 0 Å². The van der Waals surface area contributed by atoms with Gasteiger partial charge in [0.05, 0.1) is 0 Å². The molecule has 2 bridgehead atoms. The molecule has 38 heavy (non-hydrogen) atoms. The van der Waals surface area contributed by atoms with Gasteiger partial charge >= 0.3 is 0 Å². The van der Waals surface area contributed by atoms with Crippen LogP contribution in [0.3, 0.4) is 0 Å². The summed E-state index contributed by atoms with van der Waals surface area (Å²) >= 11 is 0. The van der Waals surface area contributed by atoms with Crippen LogP contribution in [0.1, 0.15) is 135 Å². The molecule has 0 aromatic heterocycles. The number of nitrogens with zero attached hydrogens (tertiary/aromatic N) is 3. The highest BCUT2D eigenvalue weighted by molar-refractivity contribution is 5.07. The van der Waals surface area contributed by atoms with Crippen molar-refractivity contribution in [3.05, 3.63) is 0 Å².